The molecule has 0 saturated carbocycles. The van der Waals surface area contributed by atoms with Gasteiger partial charge < -0.3 is 24.6 Å². The van der Waals surface area contributed by atoms with Crippen molar-refractivity contribution in [3.8, 4) is 11.5 Å². The number of urea groups is 1. The third-order valence-electron chi connectivity index (χ3n) is 4.86. The van der Waals surface area contributed by atoms with Crippen molar-refractivity contribution in [3.05, 3.63) is 48.0 Å². The van der Waals surface area contributed by atoms with E-state index in [1.54, 1.807) is 44.2 Å². The molecule has 2 aromatic rings. The van der Waals surface area contributed by atoms with Gasteiger partial charge in [-0.3, -0.25) is 4.79 Å². The molecule has 0 radical (unpaired) electrons. The van der Waals surface area contributed by atoms with E-state index in [2.05, 4.69) is 10.2 Å². The van der Waals surface area contributed by atoms with Crippen molar-refractivity contribution in [1.82, 2.24) is 4.90 Å². The van der Waals surface area contributed by atoms with Crippen molar-refractivity contribution >= 4 is 23.2 Å². The maximum Gasteiger partial charge on any atom is 0.322 e. The predicted molar refractivity (Wildman–Crippen MR) is 109 cm³/mol. The van der Waals surface area contributed by atoms with Crippen molar-refractivity contribution in [2.24, 2.45) is 0 Å². The number of benzene rings is 2. The van der Waals surface area contributed by atoms with Crippen LogP contribution < -0.4 is 19.7 Å². The van der Waals surface area contributed by atoms with E-state index in [-0.39, 0.29) is 11.8 Å². The zero-order valence-corrected chi connectivity index (χ0v) is 16.4. The lowest BCUT2D eigenvalue weighted by atomic mass is 10.1. The lowest BCUT2D eigenvalue weighted by molar-refractivity contribution is 0.101. The summed E-state index contributed by atoms with van der Waals surface area (Å²) in [7, 11) is 3.14. The zero-order chi connectivity index (χ0) is 20.1. The van der Waals surface area contributed by atoms with Gasteiger partial charge in [0.15, 0.2) is 5.78 Å². The molecular formula is C21H25N3O4. The molecule has 7 nitrogen and oxygen atoms in total. The van der Waals surface area contributed by atoms with Gasteiger partial charge in [0.25, 0.3) is 0 Å². The molecule has 0 atom stereocenters. The monoisotopic (exact) mass is 383 g/mol. The van der Waals surface area contributed by atoms with E-state index >= 15 is 0 Å². The number of hydrogen-bond donors (Lipinski definition) is 1. The van der Waals surface area contributed by atoms with E-state index in [0.29, 0.717) is 35.8 Å². The summed E-state index contributed by atoms with van der Waals surface area (Å²) < 4.78 is 10.5. The van der Waals surface area contributed by atoms with E-state index in [0.717, 1.165) is 18.8 Å². The molecule has 1 saturated heterocycles. The summed E-state index contributed by atoms with van der Waals surface area (Å²) in [6, 6.07) is 12.7. The number of ketones is 1. The van der Waals surface area contributed by atoms with Crippen LogP contribution in [0.4, 0.5) is 16.2 Å². The van der Waals surface area contributed by atoms with Gasteiger partial charge in [-0.15, -0.1) is 0 Å². The Balaban J connectivity index is 1.58. The number of ether oxygens (including phenoxy) is 2. The largest absolute Gasteiger partial charge is 0.497 e. The fourth-order valence-corrected chi connectivity index (χ4v) is 3.17. The fourth-order valence-electron chi connectivity index (χ4n) is 3.17. The van der Waals surface area contributed by atoms with E-state index in [4.69, 9.17) is 9.47 Å². The molecule has 28 heavy (non-hydrogen) atoms. The number of rotatable bonds is 5. The molecule has 1 fully saturated rings. The molecule has 2 amide bonds. The molecule has 0 aliphatic carbocycles. The standard InChI is InChI=1S/C21H25N3O4/c1-15(25)16-4-6-17(7-5-16)23-10-12-24(13-11-23)21(26)22-19-9-8-18(27-2)14-20(19)28-3/h4-9,14H,10-13H2,1-3H3,(H,22,26). The van der Waals surface area contributed by atoms with Gasteiger partial charge in [0.1, 0.15) is 11.5 Å². The number of methoxy groups -OCH3 is 2. The second-order valence-corrected chi connectivity index (χ2v) is 6.57. The van der Waals surface area contributed by atoms with Gasteiger partial charge >= 0.3 is 6.03 Å². The number of piperazine rings is 1. The van der Waals surface area contributed by atoms with Gasteiger partial charge in [-0.05, 0) is 43.3 Å². The minimum absolute atomic E-state index is 0.0574. The van der Waals surface area contributed by atoms with Gasteiger partial charge in [0.2, 0.25) is 0 Å². The lowest BCUT2D eigenvalue weighted by Crippen LogP contribution is -2.50. The Kier molecular flexibility index (Phi) is 6.03. The minimum atomic E-state index is -0.157. The maximum atomic E-state index is 12.6. The Morgan fingerprint density at radius 1 is 0.929 bits per heavy atom. The summed E-state index contributed by atoms with van der Waals surface area (Å²) in [4.78, 5) is 28.0. The van der Waals surface area contributed by atoms with Gasteiger partial charge in [0.05, 0.1) is 19.9 Å². The number of Topliss-reactive ketones (excluding diaryl/α,β-unsaturated/α-hetero) is 1. The van der Waals surface area contributed by atoms with Gasteiger partial charge in [-0.25, -0.2) is 4.79 Å². The van der Waals surface area contributed by atoms with Gasteiger partial charge in [-0.1, -0.05) is 0 Å². The van der Waals surface area contributed by atoms with Crippen LogP contribution in [0, 0.1) is 0 Å². The van der Waals surface area contributed by atoms with Crippen molar-refractivity contribution in [3.63, 3.8) is 0 Å². The van der Waals surface area contributed by atoms with Gasteiger partial charge in [-0.2, -0.15) is 0 Å². The number of amides is 2. The summed E-state index contributed by atoms with van der Waals surface area (Å²) in [6.07, 6.45) is 0. The highest BCUT2D eigenvalue weighted by molar-refractivity contribution is 5.94. The molecule has 1 heterocycles. The van der Waals surface area contributed by atoms with Crippen molar-refractivity contribution < 1.29 is 19.1 Å². The van der Waals surface area contributed by atoms with Crippen LogP contribution in [0.25, 0.3) is 0 Å². The second-order valence-electron chi connectivity index (χ2n) is 6.57. The number of hydrogen-bond acceptors (Lipinski definition) is 5. The molecule has 1 N–H and O–H groups in total. The first-order valence-corrected chi connectivity index (χ1v) is 9.15. The average Bonchev–Trinajstić information content (AvgIpc) is 2.74. The third kappa shape index (κ3) is 4.36. The highest BCUT2D eigenvalue weighted by atomic mass is 16.5. The molecule has 7 heteroatoms. The third-order valence-corrected chi connectivity index (χ3v) is 4.86. The Morgan fingerprint density at radius 3 is 2.18 bits per heavy atom. The molecule has 1 aliphatic heterocycles. The van der Waals surface area contributed by atoms with Crippen molar-refractivity contribution in [2.45, 2.75) is 6.92 Å². The van der Waals surface area contributed by atoms with Crippen LogP contribution in [-0.2, 0) is 0 Å². The van der Waals surface area contributed by atoms with Crippen LogP contribution in [0.1, 0.15) is 17.3 Å². The summed E-state index contributed by atoms with van der Waals surface area (Å²) >= 11 is 0. The SMILES string of the molecule is COc1ccc(NC(=O)N2CCN(c3ccc(C(C)=O)cc3)CC2)c(OC)c1. The highest BCUT2D eigenvalue weighted by Gasteiger charge is 2.22. The molecule has 3 rings (SSSR count). The normalized spacial score (nSPS) is 13.8. The molecule has 1 aliphatic rings. The van der Waals surface area contributed by atoms with Crippen LogP contribution in [0.3, 0.4) is 0 Å². The lowest BCUT2D eigenvalue weighted by Gasteiger charge is -2.36. The summed E-state index contributed by atoms with van der Waals surface area (Å²) in [5.74, 6) is 1.28. The molecular weight excluding hydrogens is 358 g/mol. The van der Waals surface area contributed by atoms with E-state index in [1.165, 1.54) is 0 Å². The van der Waals surface area contributed by atoms with E-state index in [1.807, 2.05) is 24.3 Å². The smallest absolute Gasteiger partial charge is 0.322 e. The Bertz CT molecular complexity index is 843. The molecule has 148 valence electrons. The first kappa shape index (κ1) is 19.5. The first-order valence-electron chi connectivity index (χ1n) is 9.15. The average molecular weight is 383 g/mol. The van der Waals surface area contributed by atoms with Crippen LogP contribution in [0.15, 0.2) is 42.5 Å². The topological polar surface area (TPSA) is 71.1 Å². The number of anilines is 2. The molecule has 0 spiro atoms. The number of nitrogens with zero attached hydrogens (tertiary/aromatic N) is 2. The number of carbonyl (C=O) groups excluding carboxylic acids is 2. The summed E-state index contributed by atoms with van der Waals surface area (Å²) in [6.45, 7) is 4.24. The fraction of sp³-hybridized carbons (Fsp3) is 0.333. The van der Waals surface area contributed by atoms with E-state index in [9.17, 15) is 9.59 Å². The summed E-state index contributed by atoms with van der Waals surface area (Å²) in [5.41, 5.74) is 2.37. The van der Waals surface area contributed by atoms with E-state index < -0.39 is 0 Å². The number of nitrogens with one attached hydrogen (secondary N) is 1. The minimum Gasteiger partial charge on any atom is -0.497 e. The van der Waals surface area contributed by atoms with Gasteiger partial charge in [0, 0.05) is 43.5 Å². The summed E-state index contributed by atoms with van der Waals surface area (Å²) in [5, 5.41) is 2.91. The Morgan fingerprint density at radius 2 is 1.61 bits per heavy atom. The van der Waals surface area contributed by atoms with Crippen molar-refractivity contribution in [2.75, 3.05) is 50.6 Å². The van der Waals surface area contributed by atoms with Crippen LogP contribution in [0.5, 0.6) is 11.5 Å². The highest BCUT2D eigenvalue weighted by Crippen LogP contribution is 2.29. The Labute approximate surface area is 164 Å². The van der Waals surface area contributed by atoms with Crippen LogP contribution >= 0.6 is 0 Å². The maximum absolute atomic E-state index is 12.6. The molecule has 0 aromatic heterocycles. The van der Waals surface area contributed by atoms with Crippen LogP contribution in [-0.4, -0.2) is 57.1 Å². The Hall–Kier alpha value is -3.22. The predicted octanol–water partition coefficient (Wildman–Crippen LogP) is 3.26. The molecule has 0 bridgehead atoms. The second kappa shape index (κ2) is 8.65. The molecule has 2 aromatic carbocycles. The zero-order valence-electron chi connectivity index (χ0n) is 16.4. The van der Waals surface area contributed by atoms with Crippen LogP contribution in [0.2, 0.25) is 0 Å². The quantitative estimate of drug-likeness (QED) is 0.803. The van der Waals surface area contributed by atoms with Crippen molar-refractivity contribution in [1.29, 1.82) is 0 Å². The molecule has 0 unspecified atom stereocenters. The number of carbonyl (C=O) groups is 2. The first-order chi connectivity index (χ1) is 13.5.